The molecule has 1 aliphatic carbocycles. The van der Waals surface area contributed by atoms with Gasteiger partial charge in [0.2, 0.25) is 5.89 Å². The van der Waals surface area contributed by atoms with Gasteiger partial charge in [-0.15, -0.1) is 11.8 Å². The monoisotopic (exact) mass is 463 g/mol. The topological polar surface area (TPSA) is 52.3 Å². The predicted molar refractivity (Wildman–Crippen MR) is 130 cm³/mol. The molecule has 0 fully saturated rings. The Morgan fingerprint density at radius 2 is 1.97 bits per heavy atom. The lowest BCUT2D eigenvalue weighted by molar-refractivity contribution is -0.145. The van der Waals surface area contributed by atoms with Crippen molar-refractivity contribution in [3.8, 4) is 11.3 Å². The fourth-order valence-corrected chi connectivity index (χ4v) is 4.35. The van der Waals surface area contributed by atoms with E-state index in [-0.39, 0.29) is 24.3 Å². The smallest absolute Gasteiger partial charge is 0.318 e. The molecule has 0 amide bonds. The molecule has 0 aliphatic heterocycles. The molecule has 1 aromatic heterocycles. The van der Waals surface area contributed by atoms with Gasteiger partial charge >= 0.3 is 5.97 Å². The first kappa shape index (κ1) is 23.1. The molecule has 0 spiro atoms. The summed E-state index contributed by atoms with van der Waals surface area (Å²) < 4.78 is 25.3. The van der Waals surface area contributed by atoms with E-state index < -0.39 is 5.92 Å². The lowest BCUT2D eigenvalue weighted by Crippen LogP contribution is -2.18. The molecule has 33 heavy (non-hydrogen) atoms. The summed E-state index contributed by atoms with van der Waals surface area (Å²) in [7, 11) is 0. The molecule has 2 aromatic carbocycles. The summed E-state index contributed by atoms with van der Waals surface area (Å²) in [5.74, 6) is -0.399. The van der Waals surface area contributed by atoms with Gasteiger partial charge < -0.3 is 9.15 Å². The first-order chi connectivity index (χ1) is 16.1. The van der Waals surface area contributed by atoms with Crippen LogP contribution in [0.15, 0.2) is 82.1 Å². The van der Waals surface area contributed by atoms with E-state index in [4.69, 9.17) is 14.1 Å². The quantitative estimate of drug-likeness (QED) is 0.350. The number of carbonyl (C=O) groups is 1. The minimum Gasteiger partial charge on any atom is -0.465 e. The van der Waals surface area contributed by atoms with Gasteiger partial charge in [0.25, 0.3) is 0 Å². The molecule has 0 N–H and O–H groups in total. The molecular weight excluding hydrogens is 437 g/mol. The van der Waals surface area contributed by atoms with Crippen LogP contribution in [0, 0.1) is 5.82 Å². The highest BCUT2D eigenvalue weighted by atomic mass is 32.2. The van der Waals surface area contributed by atoms with Crippen LogP contribution in [-0.2, 0) is 16.0 Å². The Labute approximate surface area is 197 Å². The number of oxazole rings is 1. The van der Waals surface area contributed by atoms with Crippen molar-refractivity contribution in [3.63, 3.8) is 0 Å². The lowest BCUT2D eigenvalue weighted by Gasteiger charge is -2.15. The van der Waals surface area contributed by atoms with E-state index in [1.165, 1.54) is 17.0 Å². The van der Waals surface area contributed by atoms with Gasteiger partial charge in [0.1, 0.15) is 23.2 Å². The molecular formula is C27H26FNO3S. The number of esters is 1. The summed E-state index contributed by atoms with van der Waals surface area (Å²) >= 11 is 1.69. The normalized spacial score (nSPS) is 16.3. The minimum absolute atomic E-state index is 0.0261. The molecule has 0 saturated carbocycles. The van der Waals surface area contributed by atoms with Crippen LogP contribution in [-0.4, -0.2) is 23.8 Å². The van der Waals surface area contributed by atoms with Crippen molar-refractivity contribution in [1.82, 2.24) is 4.98 Å². The second-order valence-corrected chi connectivity index (χ2v) is 8.66. The third kappa shape index (κ3) is 5.45. The number of thioether (sulfide) groups is 1. The molecule has 0 bridgehead atoms. The first-order valence-electron chi connectivity index (χ1n) is 11.0. The van der Waals surface area contributed by atoms with Crippen LogP contribution in [0.5, 0.6) is 0 Å². The second kappa shape index (κ2) is 10.7. The number of rotatable bonds is 8. The first-order valence-corrected chi connectivity index (χ1v) is 12.2. The average molecular weight is 464 g/mol. The molecule has 4 rings (SSSR count). The molecule has 2 unspecified atom stereocenters. The minimum atomic E-state index is -0.676. The Hall–Kier alpha value is -3.12. The number of benzene rings is 2. The van der Waals surface area contributed by atoms with E-state index in [9.17, 15) is 9.18 Å². The molecule has 3 aromatic rings. The SMILES string of the molecule is CCOC(=O)C(Cc1ccccc1)c1nc(-c2ccc(F)cc2)c(C2C=CC(SC)=CC2)o1. The number of hydrogen-bond donors (Lipinski definition) is 0. The Kier molecular flexibility index (Phi) is 7.45. The summed E-state index contributed by atoms with van der Waals surface area (Å²) in [6, 6.07) is 15.9. The number of allylic oxidation sites excluding steroid dienone is 3. The Bertz CT molecular complexity index is 1150. The highest BCUT2D eigenvalue weighted by Crippen LogP contribution is 2.38. The summed E-state index contributed by atoms with van der Waals surface area (Å²) in [6.07, 6.45) is 9.55. The fraction of sp³-hybridized carbons (Fsp3) is 0.259. The number of nitrogens with zero attached hydrogens (tertiary/aromatic N) is 1. The van der Waals surface area contributed by atoms with Gasteiger partial charge in [-0.1, -0.05) is 48.6 Å². The van der Waals surface area contributed by atoms with Crippen LogP contribution in [0.2, 0.25) is 0 Å². The Morgan fingerprint density at radius 1 is 1.21 bits per heavy atom. The summed E-state index contributed by atoms with van der Waals surface area (Å²) in [5, 5.41) is 0. The summed E-state index contributed by atoms with van der Waals surface area (Å²) in [5.41, 5.74) is 2.36. The molecule has 0 saturated heterocycles. The molecule has 1 heterocycles. The van der Waals surface area contributed by atoms with Crippen molar-refractivity contribution in [3.05, 3.63) is 101 Å². The van der Waals surface area contributed by atoms with Gasteiger partial charge in [-0.3, -0.25) is 4.79 Å². The van der Waals surface area contributed by atoms with E-state index >= 15 is 0 Å². The van der Waals surface area contributed by atoms with Crippen molar-refractivity contribution in [2.75, 3.05) is 12.9 Å². The van der Waals surface area contributed by atoms with Gasteiger partial charge in [0.15, 0.2) is 0 Å². The lowest BCUT2D eigenvalue weighted by atomic mass is 9.95. The van der Waals surface area contributed by atoms with Crippen molar-refractivity contribution in [1.29, 1.82) is 0 Å². The molecule has 0 radical (unpaired) electrons. The van der Waals surface area contributed by atoms with Gasteiger partial charge in [-0.25, -0.2) is 9.37 Å². The second-order valence-electron chi connectivity index (χ2n) is 7.78. The van der Waals surface area contributed by atoms with Crippen LogP contribution in [0.25, 0.3) is 11.3 Å². The van der Waals surface area contributed by atoms with Crippen LogP contribution in [0.3, 0.4) is 0 Å². The summed E-state index contributed by atoms with van der Waals surface area (Å²) in [4.78, 5) is 18.9. The number of hydrogen-bond acceptors (Lipinski definition) is 5. The maximum absolute atomic E-state index is 13.6. The zero-order valence-electron chi connectivity index (χ0n) is 18.7. The van der Waals surface area contributed by atoms with Crippen LogP contribution < -0.4 is 0 Å². The van der Waals surface area contributed by atoms with E-state index in [0.29, 0.717) is 23.8 Å². The number of halogens is 1. The van der Waals surface area contributed by atoms with Crippen LogP contribution in [0.1, 0.15) is 42.4 Å². The Morgan fingerprint density at radius 3 is 2.61 bits per heavy atom. The molecule has 2 atom stereocenters. The van der Waals surface area contributed by atoms with Crippen LogP contribution in [0.4, 0.5) is 4.39 Å². The molecule has 170 valence electrons. The van der Waals surface area contributed by atoms with Crippen molar-refractivity contribution < 1.29 is 18.3 Å². The molecule has 6 heteroatoms. The Balaban J connectivity index is 1.76. The third-order valence-corrected chi connectivity index (χ3v) is 6.35. The average Bonchev–Trinajstić information content (AvgIpc) is 3.29. The van der Waals surface area contributed by atoms with Gasteiger partial charge in [0, 0.05) is 16.4 Å². The van der Waals surface area contributed by atoms with E-state index in [2.05, 4.69) is 18.2 Å². The number of aromatic nitrogens is 1. The zero-order valence-corrected chi connectivity index (χ0v) is 19.5. The van der Waals surface area contributed by atoms with Crippen molar-refractivity contribution in [2.45, 2.75) is 31.6 Å². The van der Waals surface area contributed by atoms with Crippen LogP contribution >= 0.6 is 11.8 Å². The number of carbonyl (C=O) groups excluding carboxylic acids is 1. The maximum Gasteiger partial charge on any atom is 0.318 e. The van der Waals surface area contributed by atoms with Gasteiger partial charge in [0.05, 0.1) is 6.61 Å². The van der Waals surface area contributed by atoms with Gasteiger partial charge in [-0.05, 0) is 55.9 Å². The molecule has 4 nitrogen and oxygen atoms in total. The maximum atomic E-state index is 13.6. The van der Waals surface area contributed by atoms with Crippen molar-refractivity contribution >= 4 is 17.7 Å². The van der Waals surface area contributed by atoms with E-state index in [1.807, 2.05) is 36.6 Å². The molecule has 1 aliphatic rings. The standard InChI is InChI=1S/C27H26FNO3S/c1-3-31-27(30)23(17-18-7-5-4-6-8-18)26-29-24(19-9-13-21(28)14-10-19)25(32-26)20-11-15-22(33-2)16-12-20/h4-11,13-16,20,23H,3,12,17H2,1-2H3. The third-order valence-electron chi connectivity index (χ3n) is 5.58. The van der Waals surface area contributed by atoms with E-state index in [0.717, 1.165) is 17.5 Å². The zero-order chi connectivity index (χ0) is 23.2. The largest absolute Gasteiger partial charge is 0.465 e. The number of ether oxygens (including phenoxy) is 1. The van der Waals surface area contributed by atoms with Gasteiger partial charge in [-0.2, -0.15) is 0 Å². The highest BCUT2D eigenvalue weighted by Gasteiger charge is 2.31. The highest BCUT2D eigenvalue weighted by molar-refractivity contribution is 8.02. The summed E-state index contributed by atoms with van der Waals surface area (Å²) in [6.45, 7) is 2.06. The van der Waals surface area contributed by atoms with E-state index in [1.54, 1.807) is 30.8 Å². The van der Waals surface area contributed by atoms with Crippen molar-refractivity contribution in [2.24, 2.45) is 0 Å². The fourth-order valence-electron chi connectivity index (χ4n) is 3.87. The predicted octanol–water partition coefficient (Wildman–Crippen LogP) is 6.66.